The summed E-state index contributed by atoms with van der Waals surface area (Å²) in [6.07, 6.45) is 2.60. The van der Waals surface area contributed by atoms with Crippen molar-refractivity contribution in [1.29, 1.82) is 0 Å². The molecule has 0 aliphatic heterocycles. The van der Waals surface area contributed by atoms with Crippen LogP contribution in [0.1, 0.15) is 27.2 Å². The molecule has 0 saturated carbocycles. The topological polar surface area (TPSA) is 47.6 Å². The van der Waals surface area contributed by atoms with E-state index in [1.165, 1.54) is 0 Å². The minimum absolute atomic E-state index is 0. The summed E-state index contributed by atoms with van der Waals surface area (Å²) in [5.74, 6) is -0.671. The SMILES string of the molecule is CNC([C-]=O)C(C)(C)CC(C)(OC)OC.[Y]. The second-order valence-corrected chi connectivity index (χ2v) is 4.55. The van der Waals surface area contributed by atoms with Crippen LogP contribution in [0.5, 0.6) is 0 Å². The molecule has 1 radical (unpaired) electrons. The number of ether oxygens (including phenoxy) is 2. The molecule has 0 aromatic carbocycles. The first-order chi connectivity index (χ1) is 6.85. The van der Waals surface area contributed by atoms with E-state index in [1.807, 2.05) is 27.1 Å². The number of hydrogen-bond donors (Lipinski definition) is 1. The summed E-state index contributed by atoms with van der Waals surface area (Å²) in [7, 11) is 4.94. The van der Waals surface area contributed by atoms with Crippen LogP contribution in [0.15, 0.2) is 0 Å². The van der Waals surface area contributed by atoms with E-state index in [0.29, 0.717) is 6.42 Å². The number of carbonyl (C=O) groups excluding carboxylic acids is 1. The Morgan fingerprint density at radius 3 is 1.94 bits per heavy atom. The minimum Gasteiger partial charge on any atom is -0.540 e. The quantitative estimate of drug-likeness (QED) is 0.565. The van der Waals surface area contributed by atoms with Gasteiger partial charge >= 0.3 is 0 Å². The number of likely N-dealkylation sites (N-methyl/N-ethyl adjacent to an activating group) is 1. The Labute approximate surface area is 124 Å². The molecule has 0 spiro atoms. The molecule has 1 N–H and O–H groups in total. The smallest absolute Gasteiger partial charge is 0.165 e. The molecule has 16 heavy (non-hydrogen) atoms. The molecule has 4 nitrogen and oxygen atoms in total. The molecule has 5 heteroatoms. The van der Waals surface area contributed by atoms with Crippen molar-refractivity contribution in [2.45, 2.75) is 39.0 Å². The molecule has 0 fully saturated rings. The average molecular weight is 305 g/mol. The fourth-order valence-corrected chi connectivity index (χ4v) is 1.77. The van der Waals surface area contributed by atoms with Crippen molar-refractivity contribution in [3.8, 4) is 0 Å². The molecule has 0 aromatic heterocycles. The summed E-state index contributed by atoms with van der Waals surface area (Å²) >= 11 is 0. The van der Waals surface area contributed by atoms with Gasteiger partial charge in [-0.3, -0.25) is 0 Å². The standard InChI is InChI=1S/C11H22NO3.Y/c1-10(2,9(7-13)12-4)8-11(3,14-5)15-6;/h9,12H,8H2,1-6H3;/q-1;. The number of hydrogen-bond acceptors (Lipinski definition) is 4. The Morgan fingerprint density at radius 2 is 1.69 bits per heavy atom. The molecule has 0 rings (SSSR count). The van der Waals surface area contributed by atoms with Crippen molar-refractivity contribution in [3.05, 3.63) is 0 Å². The Balaban J connectivity index is 0. The normalized spacial score (nSPS) is 14.1. The van der Waals surface area contributed by atoms with Gasteiger partial charge in [0.1, 0.15) is 0 Å². The average Bonchev–Trinajstić information content (AvgIpc) is 2.18. The first kappa shape index (κ1) is 19.0. The summed E-state index contributed by atoms with van der Waals surface area (Å²) < 4.78 is 10.6. The van der Waals surface area contributed by atoms with Crippen molar-refractivity contribution < 1.29 is 47.0 Å². The number of nitrogens with one attached hydrogen (secondary N) is 1. The van der Waals surface area contributed by atoms with Gasteiger partial charge in [0.05, 0.1) is 0 Å². The van der Waals surface area contributed by atoms with Crippen molar-refractivity contribution in [1.82, 2.24) is 5.32 Å². The zero-order valence-corrected chi connectivity index (χ0v) is 13.9. The van der Waals surface area contributed by atoms with Crippen LogP contribution in [0, 0.1) is 5.41 Å². The first-order valence-corrected chi connectivity index (χ1v) is 5.00. The maximum Gasteiger partial charge on any atom is 0.165 e. The van der Waals surface area contributed by atoms with E-state index >= 15 is 0 Å². The van der Waals surface area contributed by atoms with Crippen molar-refractivity contribution in [2.24, 2.45) is 5.41 Å². The van der Waals surface area contributed by atoms with E-state index in [4.69, 9.17) is 9.47 Å². The Bertz CT molecular complexity index is 205. The van der Waals surface area contributed by atoms with Crippen molar-refractivity contribution >= 4 is 6.29 Å². The van der Waals surface area contributed by atoms with Crippen LogP contribution in [0.4, 0.5) is 0 Å². The van der Waals surface area contributed by atoms with Gasteiger partial charge in [-0.15, -0.1) is 0 Å². The predicted octanol–water partition coefficient (Wildman–Crippen LogP) is 1.11. The van der Waals surface area contributed by atoms with Gasteiger partial charge in [-0.05, 0) is 19.4 Å². The third kappa shape index (κ3) is 5.32. The molecule has 0 aromatic rings. The molecule has 0 aliphatic rings. The molecule has 0 amide bonds. The number of rotatable bonds is 7. The van der Waals surface area contributed by atoms with Crippen LogP contribution in [0.2, 0.25) is 0 Å². The first-order valence-electron chi connectivity index (χ1n) is 5.00. The van der Waals surface area contributed by atoms with E-state index < -0.39 is 5.79 Å². The molecule has 1 atom stereocenters. The molecule has 93 valence electrons. The maximum atomic E-state index is 10.8. The predicted molar refractivity (Wildman–Crippen MR) is 59.4 cm³/mol. The summed E-state index contributed by atoms with van der Waals surface area (Å²) in [6.45, 7) is 5.82. The minimum atomic E-state index is -0.671. The zero-order chi connectivity index (χ0) is 12.1. The summed E-state index contributed by atoms with van der Waals surface area (Å²) in [6, 6.07) is -0.331. The van der Waals surface area contributed by atoms with E-state index in [0.717, 1.165) is 0 Å². The van der Waals surface area contributed by atoms with Gasteiger partial charge in [-0.1, -0.05) is 19.9 Å². The largest absolute Gasteiger partial charge is 0.540 e. The zero-order valence-electron chi connectivity index (χ0n) is 11.1. The monoisotopic (exact) mass is 305 g/mol. The van der Waals surface area contributed by atoms with Crippen LogP contribution < -0.4 is 5.32 Å². The molecule has 0 heterocycles. The molecule has 0 bridgehead atoms. The van der Waals surface area contributed by atoms with Gasteiger partial charge in [0, 0.05) is 53.3 Å². The van der Waals surface area contributed by atoms with Gasteiger partial charge in [-0.2, -0.15) is 0 Å². The van der Waals surface area contributed by atoms with Crippen LogP contribution in [-0.2, 0) is 47.0 Å². The fraction of sp³-hybridized carbons (Fsp3) is 0.909. The molecule has 1 unspecified atom stereocenters. The Hall–Kier alpha value is 0.654. The second kappa shape index (κ2) is 7.88. The Morgan fingerprint density at radius 1 is 1.25 bits per heavy atom. The van der Waals surface area contributed by atoms with Crippen molar-refractivity contribution in [2.75, 3.05) is 21.3 Å². The molecule has 0 aliphatic carbocycles. The van der Waals surface area contributed by atoms with Crippen LogP contribution in [0.25, 0.3) is 0 Å². The Kier molecular flexibility index (Phi) is 9.36. The van der Waals surface area contributed by atoms with Gasteiger partial charge < -0.3 is 19.6 Å². The van der Waals surface area contributed by atoms with Crippen LogP contribution in [0.3, 0.4) is 0 Å². The van der Waals surface area contributed by atoms with Crippen molar-refractivity contribution in [3.63, 3.8) is 0 Å². The third-order valence-corrected chi connectivity index (χ3v) is 2.83. The molecular formula is C11H22NO3Y-. The van der Waals surface area contributed by atoms with Crippen LogP contribution >= 0.6 is 0 Å². The van der Waals surface area contributed by atoms with E-state index in [9.17, 15) is 4.79 Å². The fourth-order valence-electron chi connectivity index (χ4n) is 1.77. The second-order valence-electron chi connectivity index (χ2n) is 4.55. The summed E-state index contributed by atoms with van der Waals surface area (Å²) in [5.41, 5.74) is -0.280. The van der Waals surface area contributed by atoms with Gasteiger partial charge in [0.15, 0.2) is 5.79 Å². The number of methoxy groups -OCH3 is 2. The van der Waals surface area contributed by atoms with Gasteiger partial charge in [-0.25, -0.2) is 6.29 Å². The van der Waals surface area contributed by atoms with E-state index in [-0.39, 0.29) is 44.2 Å². The summed E-state index contributed by atoms with van der Waals surface area (Å²) in [5, 5.41) is 2.93. The van der Waals surface area contributed by atoms with Gasteiger partial charge in [0.2, 0.25) is 0 Å². The van der Waals surface area contributed by atoms with E-state index in [1.54, 1.807) is 21.3 Å². The third-order valence-electron chi connectivity index (χ3n) is 2.83. The van der Waals surface area contributed by atoms with E-state index in [2.05, 4.69) is 5.32 Å². The van der Waals surface area contributed by atoms with Gasteiger partial charge in [0.25, 0.3) is 0 Å². The summed E-state index contributed by atoms with van der Waals surface area (Å²) in [4.78, 5) is 10.8. The molecule has 0 saturated heterocycles. The van der Waals surface area contributed by atoms with Crippen LogP contribution in [-0.4, -0.2) is 39.4 Å². The maximum absolute atomic E-state index is 10.8. The molecular weight excluding hydrogens is 283 g/mol.